The minimum Gasteiger partial charge on any atom is -0.344 e. The first-order valence-corrected chi connectivity index (χ1v) is 12.7. The van der Waals surface area contributed by atoms with Crippen LogP contribution in [-0.2, 0) is 32.1 Å². The fraction of sp³-hybridized carbons (Fsp3) is 0.464. The lowest BCUT2D eigenvalue weighted by atomic mass is 9.80. The summed E-state index contributed by atoms with van der Waals surface area (Å²) in [6.07, 6.45) is 7.27. The number of benzene rings is 1. The second kappa shape index (κ2) is 13.5. The molecule has 36 heavy (non-hydrogen) atoms. The van der Waals surface area contributed by atoms with Gasteiger partial charge < -0.3 is 16.0 Å². The number of ketones is 1. The van der Waals surface area contributed by atoms with Crippen LogP contribution in [0.2, 0.25) is 0 Å². The van der Waals surface area contributed by atoms with Crippen molar-refractivity contribution < 1.29 is 19.2 Å². The van der Waals surface area contributed by atoms with Gasteiger partial charge in [-0.25, -0.2) is 0 Å². The number of aromatic nitrogens is 1. The van der Waals surface area contributed by atoms with Crippen molar-refractivity contribution in [2.75, 3.05) is 0 Å². The van der Waals surface area contributed by atoms with Gasteiger partial charge in [-0.2, -0.15) is 0 Å². The molecule has 1 saturated carbocycles. The standard InChI is InChI=1S/C28H36N4O4/c1-19(22-13-7-4-8-14-22)26(34)31-20(2)27(35)32-24(17-21-11-5-3-6-12-21)25(33)28(36)30-18-23-15-9-10-16-29-23/h3,5-6,9-12,15-16,19-20,22,24H,4,7-8,13-14,17-18H2,1-2H3,(H,30,36)(H,31,34)(H,32,35)/t19?,20-,24-/m1/s1. The van der Waals surface area contributed by atoms with Gasteiger partial charge in [0.1, 0.15) is 12.1 Å². The zero-order valence-electron chi connectivity index (χ0n) is 21.0. The van der Waals surface area contributed by atoms with Gasteiger partial charge in [-0.3, -0.25) is 24.2 Å². The van der Waals surface area contributed by atoms with Gasteiger partial charge in [0, 0.05) is 18.5 Å². The number of nitrogens with one attached hydrogen (secondary N) is 3. The van der Waals surface area contributed by atoms with Crippen LogP contribution in [0.15, 0.2) is 54.7 Å². The van der Waals surface area contributed by atoms with Gasteiger partial charge in [-0.05, 0) is 43.4 Å². The third kappa shape index (κ3) is 8.00. The number of amides is 3. The van der Waals surface area contributed by atoms with Gasteiger partial charge in [-0.15, -0.1) is 0 Å². The van der Waals surface area contributed by atoms with Crippen molar-refractivity contribution in [3.05, 3.63) is 66.0 Å². The average Bonchev–Trinajstić information content (AvgIpc) is 2.92. The Balaban J connectivity index is 1.62. The summed E-state index contributed by atoms with van der Waals surface area (Å²) in [5.41, 5.74) is 1.42. The van der Waals surface area contributed by atoms with Gasteiger partial charge in [0.15, 0.2) is 0 Å². The minimum atomic E-state index is -1.07. The molecule has 1 fully saturated rings. The van der Waals surface area contributed by atoms with E-state index in [1.54, 1.807) is 31.3 Å². The van der Waals surface area contributed by atoms with E-state index in [-0.39, 0.29) is 24.8 Å². The predicted molar refractivity (Wildman–Crippen MR) is 137 cm³/mol. The van der Waals surface area contributed by atoms with Crippen LogP contribution in [0.25, 0.3) is 0 Å². The third-order valence-electron chi connectivity index (χ3n) is 6.82. The normalized spacial score (nSPS) is 16.3. The largest absolute Gasteiger partial charge is 0.344 e. The van der Waals surface area contributed by atoms with Crippen molar-refractivity contribution in [3.8, 4) is 0 Å². The maximum absolute atomic E-state index is 13.0. The van der Waals surface area contributed by atoms with Crippen LogP contribution >= 0.6 is 0 Å². The molecule has 0 aliphatic heterocycles. The number of hydrogen-bond donors (Lipinski definition) is 3. The zero-order chi connectivity index (χ0) is 25.9. The van der Waals surface area contributed by atoms with Gasteiger partial charge in [-0.1, -0.05) is 62.6 Å². The first-order valence-electron chi connectivity index (χ1n) is 12.7. The van der Waals surface area contributed by atoms with Gasteiger partial charge in [0.2, 0.25) is 17.6 Å². The number of Topliss-reactive ketones (excluding diaryl/α,β-unsaturated/α-hetero) is 1. The van der Waals surface area contributed by atoms with E-state index < -0.39 is 29.7 Å². The fourth-order valence-corrected chi connectivity index (χ4v) is 4.53. The molecule has 0 bridgehead atoms. The van der Waals surface area contributed by atoms with Crippen LogP contribution in [-0.4, -0.2) is 40.6 Å². The van der Waals surface area contributed by atoms with E-state index in [0.29, 0.717) is 11.6 Å². The lowest BCUT2D eigenvalue weighted by Crippen LogP contribution is -2.54. The van der Waals surface area contributed by atoms with E-state index in [2.05, 4.69) is 20.9 Å². The van der Waals surface area contributed by atoms with Crippen molar-refractivity contribution >= 4 is 23.5 Å². The number of carbonyl (C=O) groups excluding carboxylic acids is 4. The maximum Gasteiger partial charge on any atom is 0.289 e. The van der Waals surface area contributed by atoms with Crippen molar-refractivity contribution in [2.45, 2.75) is 71.0 Å². The molecule has 1 aromatic carbocycles. The summed E-state index contributed by atoms with van der Waals surface area (Å²) < 4.78 is 0. The Labute approximate surface area is 212 Å². The lowest BCUT2D eigenvalue weighted by Gasteiger charge is -2.28. The van der Waals surface area contributed by atoms with Crippen molar-refractivity contribution in [2.24, 2.45) is 11.8 Å². The van der Waals surface area contributed by atoms with Crippen molar-refractivity contribution in [3.63, 3.8) is 0 Å². The molecule has 1 aliphatic carbocycles. The highest BCUT2D eigenvalue weighted by molar-refractivity contribution is 6.38. The molecule has 3 N–H and O–H groups in total. The van der Waals surface area contributed by atoms with Crippen molar-refractivity contribution in [1.82, 2.24) is 20.9 Å². The van der Waals surface area contributed by atoms with Crippen LogP contribution in [0.5, 0.6) is 0 Å². The molecule has 3 rings (SSSR count). The molecule has 1 aliphatic rings. The van der Waals surface area contributed by atoms with E-state index in [0.717, 1.165) is 31.2 Å². The highest BCUT2D eigenvalue weighted by Crippen LogP contribution is 2.29. The number of hydrogen-bond acceptors (Lipinski definition) is 5. The fourth-order valence-electron chi connectivity index (χ4n) is 4.53. The molecule has 1 heterocycles. The zero-order valence-corrected chi connectivity index (χ0v) is 21.0. The summed E-state index contributed by atoms with van der Waals surface area (Å²) in [5.74, 6) is -2.08. The van der Waals surface area contributed by atoms with E-state index >= 15 is 0 Å². The first-order chi connectivity index (χ1) is 17.3. The van der Waals surface area contributed by atoms with Crippen LogP contribution < -0.4 is 16.0 Å². The molecule has 0 saturated heterocycles. The molecular formula is C28H36N4O4. The van der Waals surface area contributed by atoms with E-state index in [4.69, 9.17) is 0 Å². The van der Waals surface area contributed by atoms with Crippen LogP contribution in [0.4, 0.5) is 0 Å². The molecule has 192 valence electrons. The molecular weight excluding hydrogens is 456 g/mol. The molecule has 0 spiro atoms. The summed E-state index contributed by atoms with van der Waals surface area (Å²) in [5, 5.41) is 8.06. The predicted octanol–water partition coefficient (Wildman–Crippen LogP) is 2.72. The third-order valence-corrected chi connectivity index (χ3v) is 6.82. The lowest BCUT2D eigenvalue weighted by molar-refractivity contribution is -0.140. The number of carbonyl (C=O) groups is 4. The van der Waals surface area contributed by atoms with Crippen LogP contribution in [0.3, 0.4) is 0 Å². The Kier molecular flexibility index (Phi) is 10.2. The summed E-state index contributed by atoms with van der Waals surface area (Å²) in [6.45, 7) is 3.60. The Morgan fingerprint density at radius 1 is 0.889 bits per heavy atom. The maximum atomic E-state index is 13.0. The summed E-state index contributed by atoms with van der Waals surface area (Å²) in [7, 11) is 0. The van der Waals surface area contributed by atoms with Gasteiger partial charge in [0.25, 0.3) is 5.91 Å². The SMILES string of the molecule is CC(C(=O)N[C@H](C)C(=O)N[C@H](Cc1ccccc1)C(=O)C(=O)NCc1ccccn1)C1CCCCC1. The molecule has 8 heteroatoms. The Hall–Kier alpha value is -3.55. The smallest absolute Gasteiger partial charge is 0.289 e. The number of nitrogens with zero attached hydrogens (tertiary/aromatic N) is 1. The second-order valence-electron chi connectivity index (χ2n) is 9.54. The molecule has 8 nitrogen and oxygen atoms in total. The second-order valence-corrected chi connectivity index (χ2v) is 9.54. The quantitative estimate of drug-likeness (QED) is 0.417. The Bertz CT molecular complexity index is 1020. The van der Waals surface area contributed by atoms with Crippen LogP contribution in [0.1, 0.15) is 57.2 Å². The molecule has 0 radical (unpaired) electrons. The first kappa shape index (κ1) is 27.0. The minimum absolute atomic E-state index is 0.100. The summed E-state index contributed by atoms with van der Waals surface area (Å²) >= 11 is 0. The van der Waals surface area contributed by atoms with E-state index in [1.165, 1.54) is 6.42 Å². The van der Waals surface area contributed by atoms with E-state index in [9.17, 15) is 19.2 Å². The average molecular weight is 493 g/mol. The molecule has 2 aromatic rings. The molecule has 3 atom stereocenters. The molecule has 3 amide bonds. The Morgan fingerprint density at radius 3 is 2.25 bits per heavy atom. The topological polar surface area (TPSA) is 117 Å². The summed E-state index contributed by atoms with van der Waals surface area (Å²) in [4.78, 5) is 55.5. The Morgan fingerprint density at radius 2 is 1.58 bits per heavy atom. The number of rotatable bonds is 11. The molecule has 1 aromatic heterocycles. The van der Waals surface area contributed by atoms with Gasteiger partial charge in [0.05, 0.1) is 12.2 Å². The molecule has 1 unspecified atom stereocenters. The van der Waals surface area contributed by atoms with E-state index in [1.807, 2.05) is 37.3 Å². The monoisotopic (exact) mass is 492 g/mol. The van der Waals surface area contributed by atoms with Crippen molar-refractivity contribution in [1.29, 1.82) is 0 Å². The summed E-state index contributed by atoms with van der Waals surface area (Å²) in [6, 6.07) is 12.5. The van der Waals surface area contributed by atoms with Gasteiger partial charge >= 0.3 is 0 Å². The highest BCUT2D eigenvalue weighted by Gasteiger charge is 2.31. The van der Waals surface area contributed by atoms with Crippen LogP contribution in [0, 0.1) is 11.8 Å². The number of pyridine rings is 1. The highest BCUT2D eigenvalue weighted by atomic mass is 16.2.